The normalized spacial score (nSPS) is 10.4. The van der Waals surface area contributed by atoms with Crippen molar-refractivity contribution in [3.63, 3.8) is 0 Å². The van der Waals surface area contributed by atoms with Crippen molar-refractivity contribution < 1.29 is 18.7 Å². The second-order valence-electron chi connectivity index (χ2n) is 5.87. The number of hydrogen-bond acceptors (Lipinski definition) is 5. The summed E-state index contributed by atoms with van der Waals surface area (Å²) in [4.78, 5) is 35.6. The molecule has 0 saturated heterocycles. The number of benzene rings is 2. The highest BCUT2D eigenvalue weighted by molar-refractivity contribution is 6.05. The number of aryl methyl sites for hydroxylation is 1. The van der Waals surface area contributed by atoms with Crippen LogP contribution in [0.25, 0.3) is 11.0 Å². The largest absolute Gasteiger partial charge is 0.484 e. The predicted octanol–water partition coefficient (Wildman–Crippen LogP) is 2.48. The third kappa shape index (κ3) is 4.14. The zero-order chi connectivity index (χ0) is 19.4. The molecule has 3 rings (SSSR count). The molecule has 2 amide bonds. The zero-order valence-corrected chi connectivity index (χ0v) is 14.9. The summed E-state index contributed by atoms with van der Waals surface area (Å²) in [6, 6.07) is 13.1. The molecule has 0 aliphatic carbocycles. The van der Waals surface area contributed by atoms with Crippen molar-refractivity contribution in [3.05, 3.63) is 70.1 Å². The van der Waals surface area contributed by atoms with Crippen molar-refractivity contribution in [1.29, 1.82) is 0 Å². The van der Waals surface area contributed by atoms with Gasteiger partial charge in [-0.3, -0.25) is 9.59 Å². The predicted molar refractivity (Wildman–Crippen MR) is 101 cm³/mol. The summed E-state index contributed by atoms with van der Waals surface area (Å²) in [6.45, 7) is 1.53. The van der Waals surface area contributed by atoms with Crippen LogP contribution in [0, 0.1) is 6.92 Å². The monoisotopic (exact) mass is 366 g/mol. The summed E-state index contributed by atoms with van der Waals surface area (Å²) in [6.07, 6.45) is 0. The Kier molecular flexibility index (Phi) is 5.21. The van der Waals surface area contributed by atoms with Gasteiger partial charge in [-0.2, -0.15) is 0 Å². The number of carbonyl (C=O) groups is 2. The molecule has 1 aromatic heterocycles. The SMILES string of the molecule is CNC(=O)c1c(C)cccc1NC(=O)COc1ccc2ccc(=O)oc2c1. The van der Waals surface area contributed by atoms with E-state index in [1.165, 1.54) is 13.1 Å². The van der Waals surface area contributed by atoms with Crippen LogP contribution in [0.2, 0.25) is 0 Å². The van der Waals surface area contributed by atoms with E-state index in [1.807, 2.05) is 0 Å². The van der Waals surface area contributed by atoms with Gasteiger partial charge in [-0.25, -0.2) is 4.79 Å². The molecule has 0 spiro atoms. The van der Waals surface area contributed by atoms with E-state index in [1.54, 1.807) is 49.4 Å². The molecule has 0 radical (unpaired) electrons. The van der Waals surface area contributed by atoms with Gasteiger partial charge in [0.25, 0.3) is 11.8 Å². The minimum Gasteiger partial charge on any atom is -0.484 e. The molecule has 138 valence electrons. The lowest BCUT2D eigenvalue weighted by Crippen LogP contribution is -2.25. The molecule has 0 aliphatic heterocycles. The van der Waals surface area contributed by atoms with Crippen molar-refractivity contribution in [2.45, 2.75) is 6.92 Å². The van der Waals surface area contributed by atoms with Crippen molar-refractivity contribution in [1.82, 2.24) is 5.32 Å². The van der Waals surface area contributed by atoms with Gasteiger partial charge in [0.1, 0.15) is 11.3 Å². The van der Waals surface area contributed by atoms with Crippen LogP contribution in [0.3, 0.4) is 0 Å². The van der Waals surface area contributed by atoms with Gasteiger partial charge in [0.05, 0.1) is 11.3 Å². The third-order valence-electron chi connectivity index (χ3n) is 3.97. The number of nitrogens with one attached hydrogen (secondary N) is 2. The van der Waals surface area contributed by atoms with E-state index in [-0.39, 0.29) is 12.5 Å². The van der Waals surface area contributed by atoms with Crippen LogP contribution in [0.4, 0.5) is 5.69 Å². The minimum atomic E-state index is -0.460. The van der Waals surface area contributed by atoms with E-state index in [0.29, 0.717) is 22.6 Å². The maximum atomic E-state index is 12.2. The van der Waals surface area contributed by atoms with Crippen LogP contribution in [0.15, 0.2) is 57.7 Å². The van der Waals surface area contributed by atoms with Gasteiger partial charge < -0.3 is 19.8 Å². The second kappa shape index (κ2) is 7.74. The molecule has 0 aliphatic rings. The average Bonchev–Trinajstić information content (AvgIpc) is 2.65. The van der Waals surface area contributed by atoms with Crippen molar-refractivity contribution in [3.8, 4) is 5.75 Å². The fourth-order valence-corrected chi connectivity index (χ4v) is 2.66. The Morgan fingerprint density at radius 2 is 1.89 bits per heavy atom. The van der Waals surface area contributed by atoms with Crippen molar-refractivity contribution in [2.24, 2.45) is 0 Å². The summed E-state index contributed by atoms with van der Waals surface area (Å²) >= 11 is 0. The third-order valence-corrected chi connectivity index (χ3v) is 3.97. The number of amides is 2. The zero-order valence-electron chi connectivity index (χ0n) is 14.9. The molecule has 2 aromatic carbocycles. The van der Waals surface area contributed by atoms with Crippen LogP contribution in [-0.2, 0) is 4.79 Å². The van der Waals surface area contributed by atoms with Crippen LogP contribution < -0.4 is 21.0 Å². The van der Waals surface area contributed by atoms with Crippen molar-refractivity contribution in [2.75, 3.05) is 19.0 Å². The Hall–Kier alpha value is -3.61. The van der Waals surface area contributed by atoms with E-state index in [9.17, 15) is 14.4 Å². The number of ether oxygens (including phenoxy) is 1. The molecule has 27 heavy (non-hydrogen) atoms. The maximum absolute atomic E-state index is 12.2. The van der Waals surface area contributed by atoms with Crippen LogP contribution in [0.1, 0.15) is 15.9 Å². The van der Waals surface area contributed by atoms with E-state index in [2.05, 4.69) is 10.6 Å². The standard InChI is InChI=1S/C20H18N2O5/c1-12-4-3-5-15(19(12)20(25)21-2)22-17(23)11-26-14-8-6-13-7-9-18(24)27-16(13)10-14/h3-10H,11H2,1-2H3,(H,21,25)(H,22,23). The molecular formula is C20H18N2O5. The smallest absolute Gasteiger partial charge is 0.336 e. The highest BCUT2D eigenvalue weighted by atomic mass is 16.5. The van der Waals surface area contributed by atoms with E-state index in [0.717, 1.165) is 10.9 Å². The number of hydrogen-bond donors (Lipinski definition) is 2. The van der Waals surface area contributed by atoms with E-state index < -0.39 is 11.5 Å². The Bertz CT molecular complexity index is 1070. The van der Waals surface area contributed by atoms with Gasteiger partial charge >= 0.3 is 5.63 Å². The summed E-state index contributed by atoms with van der Waals surface area (Å²) in [5.74, 6) is -0.308. The first kappa shape index (κ1) is 18.2. The molecule has 1 heterocycles. The maximum Gasteiger partial charge on any atom is 0.336 e. The Labute approximate surface area is 154 Å². The summed E-state index contributed by atoms with van der Waals surface area (Å²) < 4.78 is 10.6. The van der Waals surface area contributed by atoms with Crippen molar-refractivity contribution >= 4 is 28.5 Å². The quantitative estimate of drug-likeness (QED) is 0.676. The Morgan fingerprint density at radius 1 is 1.11 bits per heavy atom. The fourth-order valence-electron chi connectivity index (χ4n) is 2.66. The van der Waals surface area contributed by atoms with Crippen LogP contribution >= 0.6 is 0 Å². The molecule has 7 heteroatoms. The number of rotatable bonds is 5. The number of anilines is 1. The lowest BCUT2D eigenvalue weighted by atomic mass is 10.1. The van der Waals surface area contributed by atoms with E-state index in [4.69, 9.17) is 9.15 Å². The number of fused-ring (bicyclic) bond motifs is 1. The fraction of sp³-hybridized carbons (Fsp3) is 0.150. The Morgan fingerprint density at radius 3 is 2.67 bits per heavy atom. The van der Waals surface area contributed by atoms with Gasteiger partial charge in [0, 0.05) is 24.6 Å². The molecule has 2 N–H and O–H groups in total. The molecule has 7 nitrogen and oxygen atoms in total. The molecule has 0 bridgehead atoms. The van der Waals surface area contributed by atoms with Crippen LogP contribution in [0.5, 0.6) is 5.75 Å². The first-order chi connectivity index (χ1) is 13.0. The molecular weight excluding hydrogens is 348 g/mol. The van der Waals surface area contributed by atoms with Gasteiger partial charge in [0.2, 0.25) is 0 Å². The highest BCUT2D eigenvalue weighted by Gasteiger charge is 2.15. The molecule has 0 atom stereocenters. The first-order valence-electron chi connectivity index (χ1n) is 8.26. The molecule has 0 saturated carbocycles. The summed E-state index contributed by atoms with van der Waals surface area (Å²) in [5.41, 5.74) is 1.48. The first-order valence-corrected chi connectivity index (χ1v) is 8.26. The van der Waals surface area contributed by atoms with Crippen LogP contribution in [-0.4, -0.2) is 25.5 Å². The van der Waals surface area contributed by atoms with E-state index >= 15 is 0 Å². The summed E-state index contributed by atoms with van der Waals surface area (Å²) in [7, 11) is 1.53. The molecule has 0 unspecified atom stereocenters. The van der Waals surface area contributed by atoms with Gasteiger partial charge in [-0.1, -0.05) is 12.1 Å². The lowest BCUT2D eigenvalue weighted by Gasteiger charge is -2.13. The number of carbonyl (C=O) groups excluding carboxylic acids is 2. The average molecular weight is 366 g/mol. The van der Waals surface area contributed by atoms with Gasteiger partial charge in [-0.15, -0.1) is 0 Å². The highest BCUT2D eigenvalue weighted by Crippen LogP contribution is 2.21. The topological polar surface area (TPSA) is 97.6 Å². The lowest BCUT2D eigenvalue weighted by molar-refractivity contribution is -0.118. The van der Waals surface area contributed by atoms with Gasteiger partial charge in [-0.05, 0) is 36.8 Å². The Balaban J connectivity index is 1.71. The second-order valence-corrected chi connectivity index (χ2v) is 5.87. The molecule has 3 aromatic rings. The minimum absolute atomic E-state index is 0.260. The summed E-state index contributed by atoms with van der Waals surface area (Å²) in [5, 5.41) is 5.99. The van der Waals surface area contributed by atoms with Gasteiger partial charge in [0.15, 0.2) is 6.61 Å². The molecule has 0 fully saturated rings.